The lowest BCUT2D eigenvalue weighted by Crippen LogP contribution is -1.99. The molecule has 0 atom stereocenters. The Balaban J connectivity index is 0.000000335. The molecule has 22 heavy (non-hydrogen) atoms. The van der Waals surface area contributed by atoms with Crippen molar-refractivity contribution in [2.75, 3.05) is 0 Å². The van der Waals surface area contributed by atoms with Gasteiger partial charge in [0.05, 0.1) is 5.71 Å². The van der Waals surface area contributed by atoms with Crippen LogP contribution in [0.25, 0.3) is 0 Å². The van der Waals surface area contributed by atoms with Gasteiger partial charge in [0, 0.05) is 11.3 Å². The first kappa shape index (κ1) is 18.3. The number of benzene rings is 1. The summed E-state index contributed by atoms with van der Waals surface area (Å²) in [4.78, 5) is 0. The van der Waals surface area contributed by atoms with Crippen molar-refractivity contribution in [3.8, 4) is 0 Å². The molecule has 1 fully saturated rings. The largest absolute Gasteiger partial charge is 0.305 e. The molecule has 0 amide bonds. The van der Waals surface area contributed by atoms with Gasteiger partial charge in [-0.3, -0.25) is 0 Å². The van der Waals surface area contributed by atoms with E-state index in [2.05, 4.69) is 6.07 Å². The molecule has 0 aliphatic heterocycles. The predicted molar refractivity (Wildman–Crippen MR) is 97.6 cm³/mol. The summed E-state index contributed by atoms with van der Waals surface area (Å²) in [5.74, 6) is 0. The average Bonchev–Trinajstić information content (AvgIpc) is 2.54. The van der Waals surface area contributed by atoms with Crippen LogP contribution in [0.15, 0.2) is 30.4 Å². The van der Waals surface area contributed by atoms with Crippen LogP contribution in [0.2, 0.25) is 0 Å². The van der Waals surface area contributed by atoms with Crippen LogP contribution in [-0.4, -0.2) is 11.4 Å². The number of nitrogens with one attached hydrogen (secondary N) is 2. The summed E-state index contributed by atoms with van der Waals surface area (Å²) < 4.78 is 0. The highest BCUT2D eigenvalue weighted by atomic mass is 14.4. The first-order valence-electron chi connectivity index (χ1n) is 8.46. The second kappa shape index (κ2) is 10.1. The third-order valence-electron chi connectivity index (χ3n) is 4.00. The molecule has 1 aliphatic carbocycles. The van der Waals surface area contributed by atoms with Gasteiger partial charge in [0.15, 0.2) is 0 Å². The van der Waals surface area contributed by atoms with Crippen LogP contribution >= 0.6 is 0 Å². The molecule has 2 heteroatoms. The SMILES string of the molecule is C1CCCCC1.CCC(=N)/C=C\C(=N)c1ccc(C)cc1C. The minimum atomic E-state index is 0.468. The van der Waals surface area contributed by atoms with E-state index < -0.39 is 0 Å². The average molecular weight is 298 g/mol. The van der Waals surface area contributed by atoms with E-state index in [0.29, 0.717) is 17.8 Å². The van der Waals surface area contributed by atoms with Crippen molar-refractivity contribution in [1.82, 2.24) is 0 Å². The topological polar surface area (TPSA) is 47.7 Å². The van der Waals surface area contributed by atoms with E-state index in [9.17, 15) is 0 Å². The highest BCUT2D eigenvalue weighted by Gasteiger charge is 2.02. The quantitative estimate of drug-likeness (QED) is 0.641. The number of rotatable bonds is 4. The van der Waals surface area contributed by atoms with Gasteiger partial charge in [0.25, 0.3) is 0 Å². The van der Waals surface area contributed by atoms with Crippen molar-refractivity contribution in [3.05, 3.63) is 47.0 Å². The monoisotopic (exact) mass is 298 g/mol. The number of aryl methyl sites for hydroxylation is 2. The van der Waals surface area contributed by atoms with Gasteiger partial charge in [-0.15, -0.1) is 0 Å². The molecule has 2 N–H and O–H groups in total. The third-order valence-corrected chi connectivity index (χ3v) is 4.00. The van der Waals surface area contributed by atoms with Crippen LogP contribution in [0.1, 0.15) is 68.6 Å². The van der Waals surface area contributed by atoms with E-state index in [0.717, 1.165) is 11.1 Å². The Hall–Kier alpha value is -1.70. The Morgan fingerprint density at radius 1 is 0.955 bits per heavy atom. The second-order valence-corrected chi connectivity index (χ2v) is 6.07. The fourth-order valence-corrected chi connectivity index (χ4v) is 2.57. The van der Waals surface area contributed by atoms with E-state index in [1.54, 1.807) is 12.2 Å². The van der Waals surface area contributed by atoms with Gasteiger partial charge in [-0.2, -0.15) is 0 Å². The molecule has 1 aliphatic rings. The van der Waals surface area contributed by atoms with Gasteiger partial charge >= 0.3 is 0 Å². The van der Waals surface area contributed by atoms with E-state index in [4.69, 9.17) is 10.8 Å². The number of allylic oxidation sites excluding steroid dienone is 2. The first-order valence-corrected chi connectivity index (χ1v) is 8.46. The molecule has 2 rings (SSSR count). The summed E-state index contributed by atoms with van der Waals surface area (Å²) >= 11 is 0. The molecule has 2 nitrogen and oxygen atoms in total. The number of hydrogen-bond donors (Lipinski definition) is 2. The zero-order valence-electron chi connectivity index (χ0n) is 14.3. The van der Waals surface area contributed by atoms with Gasteiger partial charge in [-0.05, 0) is 38.0 Å². The summed E-state index contributed by atoms with van der Waals surface area (Å²) in [7, 11) is 0. The summed E-state index contributed by atoms with van der Waals surface area (Å²) in [6.45, 7) is 5.99. The lowest BCUT2D eigenvalue weighted by Gasteiger charge is -2.05. The molecule has 0 heterocycles. The molecule has 0 radical (unpaired) electrons. The standard InChI is InChI=1S/C14H18N2.C6H12/c1-4-12(15)6-8-14(16)13-7-5-10(2)9-11(13)3;1-2-4-6-5-3-1/h5-9,15-16H,4H2,1-3H3;1-6H2/b8-6-,15-12?,16-14?;. The maximum atomic E-state index is 7.93. The highest BCUT2D eigenvalue weighted by Crippen LogP contribution is 2.15. The van der Waals surface area contributed by atoms with Crippen LogP contribution in [0.3, 0.4) is 0 Å². The van der Waals surface area contributed by atoms with Crippen LogP contribution < -0.4 is 0 Å². The minimum Gasteiger partial charge on any atom is -0.305 e. The molecule has 120 valence electrons. The Bertz CT molecular complexity index is 511. The van der Waals surface area contributed by atoms with Gasteiger partial charge in [0.2, 0.25) is 0 Å². The summed E-state index contributed by atoms with van der Waals surface area (Å²) in [6.07, 6.45) is 13.1. The Kier molecular flexibility index (Phi) is 8.42. The molecular weight excluding hydrogens is 268 g/mol. The van der Waals surface area contributed by atoms with Crippen LogP contribution in [0.5, 0.6) is 0 Å². The third kappa shape index (κ3) is 6.84. The molecule has 1 saturated carbocycles. The zero-order valence-corrected chi connectivity index (χ0v) is 14.3. The maximum Gasteiger partial charge on any atom is 0.0615 e. The molecule has 0 spiro atoms. The molecule has 0 aromatic heterocycles. The summed E-state index contributed by atoms with van der Waals surface area (Å²) in [6, 6.07) is 6.05. The van der Waals surface area contributed by atoms with Crippen molar-refractivity contribution >= 4 is 11.4 Å². The van der Waals surface area contributed by atoms with E-state index in [1.165, 1.54) is 44.1 Å². The Labute approximate surface area is 135 Å². The Morgan fingerprint density at radius 3 is 1.95 bits per heavy atom. The van der Waals surface area contributed by atoms with E-state index in [-0.39, 0.29) is 0 Å². The zero-order chi connectivity index (χ0) is 16.4. The lowest BCUT2D eigenvalue weighted by atomic mass is 10.0. The van der Waals surface area contributed by atoms with E-state index >= 15 is 0 Å². The summed E-state index contributed by atoms with van der Waals surface area (Å²) in [5, 5.41) is 15.4. The fourth-order valence-electron chi connectivity index (χ4n) is 2.57. The molecule has 0 bridgehead atoms. The van der Waals surface area contributed by atoms with Crippen molar-refractivity contribution in [1.29, 1.82) is 10.8 Å². The van der Waals surface area contributed by atoms with Crippen molar-refractivity contribution in [2.45, 2.75) is 65.7 Å². The molecular formula is C20H30N2. The normalized spacial score (nSPS) is 14.3. The Morgan fingerprint density at radius 2 is 1.50 bits per heavy atom. The van der Waals surface area contributed by atoms with E-state index in [1.807, 2.05) is 32.9 Å². The molecule has 1 aromatic carbocycles. The maximum absolute atomic E-state index is 7.93. The van der Waals surface area contributed by atoms with Crippen LogP contribution in [0.4, 0.5) is 0 Å². The number of hydrogen-bond acceptors (Lipinski definition) is 2. The molecule has 0 saturated heterocycles. The fraction of sp³-hybridized carbons (Fsp3) is 0.500. The molecule has 1 aromatic rings. The van der Waals surface area contributed by atoms with Gasteiger partial charge in [-0.1, -0.05) is 69.2 Å². The van der Waals surface area contributed by atoms with Crippen molar-refractivity contribution in [3.63, 3.8) is 0 Å². The first-order chi connectivity index (χ1) is 10.5. The van der Waals surface area contributed by atoms with Crippen LogP contribution in [0, 0.1) is 24.7 Å². The van der Waals surface area contributed by atoms with Crippen molar-refractivity contribution < 1.29 is 0 Å². The lowest BCUT2D eigenvalue weighted by molar-refractivity contribution is 0.504. The van der Waals surface area contributed by atoms with Crippen molar-refractivity contribution in [2.24, 2.45) is 0 Å². The van der Waals surface area contributed by atoms with Gasteiger partial charge < -0.3 is 10.8 Å². The summed E-state index contributed by atoms with van der Waals surface area (Å²) in [5.41, 5.74) is 4.27. The van der Waals surface area contributed by atoms with Crippen LogP contribution in [-0.2, 0) is 0 Å². The smallest absolute Gasteiger partial charge is 0.0615 e. The minimum absolute atomic E-state index is 0.468. The molecule has 0 unspecified atom stereocenters. The second-order valence-electron chi connectivity index (χ2n) is 6.07. The highest BCUT2D eigenvalue weighted by molar-refractivity contribution is 6.10. The predicted octanol–water partition coefficient (Wildman–Crippen LogP) is 6.00. The van der Waals surface area contributed by atoms with Gasteiger partial charge in [0.1, 0.15) is 0 Å². The van der Waals surface area contributed by atoms with Gasteiger partial charge in [-0.25, -0.2) is 0 Å².